The monoisotopic (exact) mass is 377 g/mol. The van der Waals surface area contributed by atoms with E-state index in [2.05, 4.69) is 15.4 Å². The largest absolute Gasteiger partial charge is 0.465 e. The van der Waals surface area contributed by atoms with Crippen LogP contribution in [0.5, 0.6) is 0 Å². The fourth-order valence-electron chi connectivity index (χ4n) is 3.21. The van der Waals surface area contributed by atoms with Gasteiger partial charge in [-0.1, -0.05) is 6.07 Å². The van der Waals surface area contributed by atoms with Crippen molar-refractivity contribution in [2.24, 2.45) is 5.92 Å². The maximum Gasteiger partial charge on any atom is 0.337 e. The third-order valence-corrected chi connectivity index (χ3v) is 5.65. The van der Waals surface area contributed by atoms with Crippen LogP contribution < -0.4 is 10.6 Å². The molecular formula is C18H23N3O4S. The van der Waals surface area contributed by atoms with Crippen molar-refractivity contribution in [1.82, 2.24) is 15.5 Å². The van der Waals surface area contributed by atoms with Gasteiger partial charge in [-0.25, -0.2) is 4.79 Å². The third kappa shape index (κ3) is 4.37. The van der Waals surface area contributed by atoms with Crippen molar-refractivity contribution >= 4 is 29.5 Å². The Bertz CT molecular complexity index is 691. The van der Waals surface area contributed by atoms with E-state index in [0.29, 0.717) is 24.2 Å². The van der Waals surface area contributed by atoms with Crippen LogP contribution in [0, 0.1) is 5.92 Å². The van der Waals surface area contributed by atoms with Crippen molar-refractivity contribution in [2.45, 2.75) is 12.5 Å². The zero-order valence-electron chi connectivity index (χ0n) is 14.7. The first-order valence-electron chi connectivity index (χ1n) is 8.65. The van der Waals surface area contributed by atoms with Crippen LogP contribution in [0.4, 0.5) is 0 Å². The number of methoxy groups -OCH3 is 1. The maximum atomic E-state index is 12.4. The molecule has 1 unspecified atom stereocenters. The number of thioether (sulfide) groups is 1. The number of ether oxygens (including phenoxy) is 1. The van der Waals surface area contributed by atoms with Crippen LogP contribution in [0.2, 0.25) is 0 Å². The third-order valence-electron chi connectivity index (χ3n) is 4.68. The summed E-state index contributed by atoms with van der Waals surface area (Å²) in [5, 5.41) is 6.16. The summed E-state index contributed by atoms with van der Waals surface area (Å²) in [5.41, 5.74) is 0.761. The minimum Gasteiger partial charge on any atom is -0.465 e. The number of amides is 2. The lowest BCUT2D eigenvalue weighted by Crippen LogP contribution is -2.42. The number of carbonyl (C=O) groups excluding carboxylic acids is 3. The highest BCUT2D eigenvalue weighted by molar-refractivity contribution is 7.99. The van der Waals surface area contributed by atoms with Crippen molar-refractivity contribution in [3.05, 3.63) is 35.4 Å². The van der Waals surface area contributed by atoms with Gasteiger partial charge in [0.05, 0.1) is 24.6 Å². The van der Waals surface area contributed by atoms with E-state index in [0.717, 1.165) is 24.6 Å². The van der Waals surface area contributed by atoms with Crippen molar-refractivity contribution in [2.75, 3.05) is 38.4 Å². The molecule has 2 heterocycles. The van der Waals surface area contributed by atoms with E-state index in [4.69, 9.17) is 0 Å². The number of nitrogens with zero attached hydrogens (tertiary/aromatic N) is 1. The molecule has 0 saturated carbocycles. The van der Waals surface area contributed by atoms with Crippen LogP contribution in [0.25, 0.3) is 0 Å². The van der Waals surface area contributed by atoms with E-state index in [1.165, 1.54) is 13.2 Å². The molecule has 2 amide bonds. The van der Waals surface area contributed by atoms with E-state index in [1.807, 2.05) is 4.90 Å². The van der Waals surface area contributed by atoms with Gasteiger partial charge in [-0.15, -0.1) is 11.8 Å². The quantitative estimate of drug-likeness (QED) is 0.735. The standard InChI is InChI=1S/C18H23N3O4S/c1-25-18(24)14-4-2-3-13(8-14)16(22)20-10-12-7-15(19-9-12)17(23)21-5-6-26-11-21/h2-4,8,12,15,19H,5-7,9-11H2,1H3,(H,20,22)/t12?,15-/m0/s1. The lowest BCUT2D eigenvalue weighted by molar-refractivity contribution is -0.131. The van der Waals surface area contributed by atoms with Gasteiger partial charge in [-0.3, -0.25) is 9.59 Å². The zero-order chi connectivity index (χ0) is 18.5. The predicted molar refractivity (Wildman–Crippen MR) is 99.1 cm³/mol. The summed E-state index contributed by atoms with van der Waals surface area (Å²) >= 11 is 1.77. The van der Waals surface area contributed by atoms with Crippen LogP contribution in [-0.4, -0.2) is 67.1 Å². The van der Waals surface area contributed by atoms with Gasteiger partial charge in [0.2, 0.25) is 5.91 Å². The van der Waals surface area contributed by atoms with Gasteiger partial charge >= 0.3 is 5.97 Å². The first kappa shape index (κ1) is 18.7. The summed E-state index contributed by atoms with van der Waals surface area (Å²) in [5.74, 6) is 1.45. The molecule has 2 fully saturated rings. The highest BCUT2D eigenvalue weighted by Crippen LogP contribution is 2.20. The van der Waals surface area contributed by atoms with Crippen LogP contribution in [-0.2, 0) is 9.53 Å². The molecule has 0 bridgehead atoms. The van der Waals surface area contributed by atoms with Gasteiger partial charge in [0.25, 0.3) is 5.91 Å². The Labute approximate surface area is 156 Å². The molecular weight excluding hydrogens is 354 g/mol. The van der Waals surface area contributed by atoms with E-state index < -0.39 is 5.97 Å². The van der Waals surface area contributed by atoms with Crippen LogP contribution in [0.3, 0.4) is 0 Å². The Balaban J connectivity index is 1.49. The number of hydrogen-bond donors (Lipinski definition) is 2. The van der Waals surface area contributed by atoms with Crippen LogP contribution in [0.1, 0.15) is 27.1 Å². The fourth-order valence-corrected chi connectivity index (χ4v) is 4.16. The summed E-state index contributed by atoms with van der Waals surface area (Å²) < 4.78 is 4.67. The zero-order valence-corrected chi connectivity index (χ0v) is 15.5. The molecule has 140 valence electrons. The molecule has 0 radical (unpaired) electrons. The lowest BCUT2D eigenvalue weighted by atomic mass is 10.0. The first-order chi connectivity index (χ1) is 12.6. The van der Waals surface area contributed by atoms with Gasteiger partial charge < -0.3 is 20.3 Å². The molecule has 26 heavy (non-hydrogen) atoms. The van der Waals surface area contributed by atoms with Crippen molar-refractivity contribution < 1.29 is 19.1 Å². The van der Waals surface area contributed by atoms with Gasteiger partial charge in [0.15, 0.2) is 0 Å². The molecule has 2 saturated heterocycles. The summed E-state index contributed by atoms with van der Waals surface area (Å²) in [6.45, 7) is 2.02. The minimum absolute atomic E-state index is 0.154. The summed E-state index contributed by atoms with van der Waals surface area (Å²) in [7, 11) is 1.31. The summed E-state index contributed by atoms with van der Waals surface area (Å²) in [4.78, 5) is 38.2. The van der Waals surface area contributed by atoms with Crippen molar-refractivity contribution in [3.63, 3.8) is 0 Å². The molecule has 0 aliphatic carbocycles. The SMILES string of the molecule is COC(=O)c1cccc(C(=O)NCC2CN[C@H](C(=O)N3CCSC3)C2)c1. The molecule has 1 aromatic rings. The fraction of sp³-hybridized carbons (Fsp3) is 0.500. The molecule has 2 aliphatic rings. The lowest BCUT2D eigenvalue weighted by Gasteiger charge is -2.19. The predicted octanol–water partition coefficient (Wildman–Crippen LogP) is 0.714. The number of benzene rings is 1. The second-order valence-corrected chi connectivity index (χ2v) is 7.56. The number of nitrogens with one attached hydrogen (secondary N) is 2. The molecule has 1 aromatic carbocycles. The van der Waals surface area contributed by atoms with Gasteiger partial charge in [0.1, 0.15) is 0 Å². The molecule has 7 nitrogen and oxygen atoms in total. The number of esters is 1. The van der Waals surface area contributed by atoms with Crippen LogP contribution in [0.15, 0.2) is 24.3 Å². The molecule has 2 atom stereocenters. The Morgan fingerprint density at radius 1 is 1.35 bits per heavy atom. The molecule has 8 heteroatoms. The molecule has 2 N–H and O–H groups in total. The molecule has 0 spiro atoms. The Morgan fingerprint density at radius 3 is 2.88 bits per heavy atom. The van der Waals surface area contributed by atoms with E-state index in [-0.39, 0.29) is 23.8 Å². The summed E-state index contributed by atoms with van der Waals surface area (Å²) in [6, 6.07) is 6.28. The second kappa shape index (κ2) is 8.55. The molecule has 0 aromatic heterocycles. The highest BCUT2D eigenvalue weighted by atomic mass is 32.2. The average molecular weight is 377 g/mol. The van der Waals surface area contributed by atoms with Crippen LogP contribution >= 0.6 is 11.8 Å². The number of carbonyl (C=O) groups is 3. The molecule has 3 rings (SSSR count). The first-order valence-corrected chi connectivity index (χ1v) is 9.80. The second-order valence-electron chi connectivity index (χ2n) is 6.48. The van der Waals surface area contributed by atoms with Crippen molar-refractivity contribution in [3.8, 4) is 0 Å². The minimum atomic E-state index is -0.471. The van der Waals surface area contributed by atoms with Gasteiger partial charge in [-0.05, 0) is 30.5 Å². The average Bonchev–Trinajstić information content (AvgIpc) is 3.37. The van der Waals surface area contributed by atoms with Crippen molar-refractivity contribution in [1.29, 1.82) is 0 Å². The normalized spacial score (nSPS) is 22.3. The topological polar surface area (TPSA) is 87.7 Å². The Morgan fingerprint density at radius 2 is 2.15 bits per heavy atom. The van der Waals surface area contributed by atoms with Gasteiger partial charge in [-0.2, -0.15) is 0 Å². The van der Waals surface area contributed by atoms with E-state index >= 15 is 0 Å². The number of hydrogen-bond acceptors (Lipinski definition) is 6. The molecule has 2 aliphatic heterocycles. The Hall–Kier alpha value is -2.06. The maximum absolute atomic E-state index is 12.4. The highest BCUT2D eigenvalue weighted by Gasteiger charge is 2.33. The van der Waals surface area contributed by atoms with Gasteiger partial charge in [0, 0.05) is 31.0 Å². The number of rotatable bonds is 5. The summed E-state index contributed by atoms with van der Waals surface area (Å²) in [6.07, 6.45) is 0.725. The Kier molecular flexibility index (Phi) is 6.16. The van der Waals surface area contributed by atoms with E-state index in [9.17, 15) is 14.4 Å². The van der Waals surface area contributed by atoms with E-state index in [1.54, 1.807) is 30.0 Å². The smallest absolute Gasteiger partial charge is 0.337 e.